The van der Waals surface area contributed by atoms with Crippen LogP contribution in [0.15, 0.2) is 11.8 Å². The van der Waals surface area contributed by atoms with Gasteiger partial charge >= 0.3 is 0 Å². The van der Waals surface area contributed by atoms with Crippen LogP contribution in [0.1, 0.15) is 40.5 Å². The maximum atomic E-state index is 5.31. The molecule has 0 heterocycles. The van der Waals surface area contributed by atoms with Crippen molar-refractivity contribution in [1.82, 2.24) is 0 Å². The molecule has 0 saturated carbocycles. The highest BCUT2D eigenvalue weighted by Crippen LogP contribution is 2.00. The summed E-state index contributed by atoms with van der Waals surface area (Å²) in [6, 6.07) is 0. The number of hydrogen-bond donors (Lipinski definition) is 1. The first kappa shape index (κ1) is 18.8. The predicted molar refractivity (Wildman–Crippen MR) is 64.9 cm³/mol. The molecule has 84 valence electrons. The molecule has 0 amide bonds. The molecule has 0 radical (unpaired) electrons. The normalized spacial score (nSPS) is 8.93. The molecule has 0 aliphatic carbocycles. The van der Waals surface area contributed by atoms with Crippen molar-refractivity contribution in [2.45, 2.75) is 40.5 Å². The van der Waals surface area contributed by atoms with Crippen molar-refractivity contribution in [1.29, 1.82) is 0 Å². The molecule has 14 heavy (non-hydrogen) atoms. The van der Waals surface area contributed by atoms with Gasteiger partial charge in [0.15, 0.2) is 0 Å². The van der Waals surface area contributed by atoms with Gasteiger partial charge in [-0.2, -0.15) is 0 Å². The Hall–Kier alpha value is -0.940. The molecule has 0 aliphatic heterocycles. The third-order valence-corrected chi connectivity index (χ3v) is 1.04. The van der Waals surface area contributed by atoms with Crippen LogP contribution in [0.4, 0.5) is 0 Å². The van der Waals surface area contributed by atoms with E-state index in [-0.39, 0.29) is 0 Å². The Morgan fingerprint density at radius 1 is 1.29 bits per heavy atom. The van der Waals surface area contributed by atoms with Crippen molar-refractivity contribution in [3.05, 3.63) is 11.8 Å². The number of nitrogens with two attached hydrogens (primary N) is 1. The summed E-state index contributed by atoms with van der Waals surface area (Å²) in [6.07, 6.45) is 12.1. The van der Waals surface area contributed by atoms with E-state index in [9.17, 15) is 0 Å². The quantitative estimate of drug-likeness (QED) is 0.558. The zero-order valence-electron chi connectivity index (χ0n) is 10.0. The summed E-state index contributed by atoms with van der Waals surface area (Å²) in [5.74, 6) is 1.00. The number of ether oxygens (including phenoxy) is 1. The van der Waals surface area contributed by atoms with Gasteiger partial charge in [-0.25, -0.2) is 0 Å². The minimum Gasteiger partial charge on any atom is -0.499 e. The van der Waals surface area contributed by atoms with Crippen LogP contribution in [-0.4, -0.2) is 13.2 Å². The number of hydrogen-bond acceptors (Lipinski definition) is 2. The molecule has 0 atom stereocenters. The lowest BCUT2D eigenvalue weighted by molar-refractivity contribution is 0.219. The van der Waals surface area contributed by atoms with Gasteiger partial charge in [-0.15, -0.1) is 12.8 Å². The van der Waals surface area contributed by atoms with Crippen LogP contribution in [0.5, 0.6) is 0 Å². The summed E-state index contributed by atoms with van der Waals surface area (Å²) >= 11 is 0. The summed E-state index contributed by atoms with van der Waals surface area (Å²) in [5.41, 5.74) is 5.31. The van der Waals surface area contributed by atoms with Gasteiger partial charge in [0.05, 0.1) is 12.4 Å². The van der Waals surface area contributed by atoms with E-state index in [4.69, 9.17) is 10.5 Å². The third-order valence-electron chi connectivity index (χ3n) is 1.04. The molecule has 0 aliphatic rings. The van der Waals surface area contributed by atoms with Gasteiger partial charge < -0.3 is 10.5 Å². The first-order valence-electron chi connectivity index (χ1n) is 5.08. The molecule has 0 aromatic heterocycles. The number of allylic oxidation sites excluding steroid dienone is 1. The molecule has 0 rings (SSSR count). The van der Waals surface area contributed by atoms with Gasteiger partial charge in [0.1, 0.15) is 0 Å². The van der Waals surface area contributed by atoms with Crippen molar-refractivity contribution in [3.63, 3.8) is 0 Å². The second-order valence-electron chi connectivity index (χ2n) is 2.43. The Kier molecular flexibility index (Phi) is 30.4. The summed E-state index contributed by atoms with van der Waals surface area (Å²) in [4.78, 5) is 0. The second-order valence-corrected chi connectivity index (χ2v) is 2.43. The molecular formula is C12H25NO. The monoisotopic (exact) mass is 199 g/mol. The van der Waals surface area contributed by atoms with E-state index in [0.29, 0.717) is 6.54 Å². The fourth-order valence-electron chi connectivity index (χ4n) is 0.627. The minimum atomic E-state index is 0.666. The molecular weight excluding hydrogens is 174 g/mol. The van der Waals surface area contributed by atoms with Crippen LogP contribution in [0, 0.1) is 12.8 Å². The van der Waals surface area contributed by atoms with E-state index in [1.54, 1.807) is 0 Å². The SMILES string of the molecule is C#C.C/C=C(/CCN)OCC.CCC. The maximum absolute atomic E-state index is 5.31. The first-order valence-corrected chi connectivity index (χ1v) is 5.08. The van der Waals surface area contributed by atoms with Crippen LogP contribution in [0.3, 0.4) is 0 Å². The molecule has 0 aromatic carbocycles. The molecule has 0 fully saturated rings. The second kappa shape index (κ2) is 22.7. The highest BCUT2D eigenvalue weighted by molar-refractivity contribution is 4.90. The predicted octanol–water partition coefficient (Wildman–Crippen LogP) is 2.94. The maximum Gasteiger partial charge on any atom is 0.0929 e. The molecule has 2 heteroatoms. The van der Waals surface area contributed by atoms with Gasteiger partial charge in [-0.3, -0.25) is 0 Å². The largest absolute Gasteiger partial charge is 0.499 e. The lowest BCUT2D eigenvalue weighted by Crippen LogP contribution is -2.02. The van der Waals surface area contributed by atoms with Crippen molar-refractivity contribution in [3.8, 4) is 12.8 Å². The van der Waals surface area contributed by atoms with Gasteiger partial charge in [0.2, 0.25) is 0 Å². The van der Waals surface area contributed by atoms with Crippen LogP contribution >= 0.6 is 0 Å². The minimum absolute atomic E-state index is 0.666. The summed E-state index contributed by atoms with van der Waals surface area (Å²) < 4.78 is 5.21. The third kappa shape index (κ3) is 22.5. The van der Waals surface area contributed by atoms with E-state index in [1.807, 2.05) is 19.9 Å². The van der Waals surface area contributed by atoms with Crippen LogP contribution in [-0.2, 0) is 4.74 Å². The van der Waals surface area contributed by atoms with Gasteiger partial charge in [0, 0.05) is 6.42 Å². The van der Waals surface area contributed by atoms with Crippen molar-refractivity contribution < 1.29 is 4.74 Å². The lowest BCUT2D eigenvalue weighted by atomic mass is 10.3. The molecule has 0 unspecified atom stereocenters. The highest BCUT2D eigenvalue weighted by Gasteiger charge is 1.90. The molecule has 0 bridgehead atoms. The Labute approximate surface area is 89.5 Å². The van der Waals surface area contributed by atoms with Gasteiger partial charge in [0.25, 0.3) is 0 Å². The average molecular weight is 199 g/mol. The Morgan fingerprint density at radius 3 is 1.93 bits per heavy atom. The number of rotatable bonds is 4. The topological polar surface area (TPSA) is 35.2 Å². The van der Waals surface area contributed by atoms with E-state index < -0.39 is 0 Å². The Balaban J connectivity index is -0.000000205. The first-order chi connectivity index (χ1) is 6.76. The molecule has 0 saturated heterocycles. The van der Waals surface area contributed by atoms with E-state index >= 15 is 0 Å². The molecule has 0 aromatic rings. The summed E-state index contributed by atoms with van der Waals surface area (Å²) in [7, 11) is 0. The molecule has 0 spiro atoms. The Morgan fingerprint density at radius 2 is 1.71 bits per heavy atom. The smallest absolute Gasteiger partial charge is 0.0929 e. The van der Waals surface area contributed by atoms with Crippen molar-refractivity contribution in [2.75, 3.05) is 13.2 Å². The van der Waals surface area contributed by atoms with E-state index in [0.717, 1.165) is 18.8 Å². The zero-order chi connectivity index (χ0) is 11.8. The van der Waals surface area contributed by atoms with Gasteiger partial charge in [-0.05, 0) is 26.5 Å². The zero-order valence-corrected chi connectivity index (χ0v) is 10.0. The van der Waals surface area contributed by atoms with E-state index in [1.165, 1.54) is 6.42 Å². The fraction of sp³-hybridized carbons (Fsp3) is 0.667. The van der Waals surface area contributed by atoms with Crippen molar-refractivity contribution >= 4 is 0 Å². The van der Waals surface area contributed by atoms with Crippen LogP contribution < -0.4 is 5.73 Å². The van der Waals surface area contributed by atoms with Crippen LogP contribution in [0.25, 0.3) is 0 Å². The van der Waals surface area contributed by atoms with Gasteiger partial charge in [-0.1, -0.05) is 20.3 Å². The summed E-state index contributed by atoms with van der Waals surface area (Å²) in [6.45, 7) is 9.58. The molecule has 2 nitrogen and oxygen atoms in total. The molecule has 2 N–H and O–H groups in total. The van der Waals surface area contributed by atoms with E-state index in [2.05, 4.69) is 26.7 Å². The number of terminal acetylenes is 1. The standard InChI is InChI=1S/C7H15NO.C3H8.C2H2/c1-3-7(5-6-8)9-4-2;1-3-2;1-2/h3H,4-6,8H2,1-2H3;3H2,1-2H3;1-2H/b7-3-;;. The van der Waals surface area contributed by atoms with Crippen molar-refractivity contribution in [2.24, 2.45) is 5.73 Å². The fourth-order valence-corrected chi connectivity index (χ4v) is 0.627. The Bertz CT molecular complexity index is 120. The van der Waals surface area contributed by atoms with Crippen LogP contribution in [0.2, 0.25) is 0 Å². The summed E-state index contributed by atoms with van der Waals surface area (Å²) in [5, 5.41) is 0. The average Bonchev–Trinajstić information content (AvgIpc) is 2.22. The highest BCUT2D eigenvalue weighted by atomic mass is 16.5. The lowest BCUT2D eigenvalue weighted by Gasteiger charge is -2.04.